The number of aliphatic carboxylic acids is 1. The van der Waals surface area contributed by atoms with Crippen LogP contribution in [0.3, 0.4) is 0 Å². The summed E-state index contributed by atoms with van der Waals surface area (Å²) < 4.78 is 1.88. The number of aryl methyl sites for hydroxylation is 1. The number of carboxylic acids is 1. The average molecular weight is 388 g/mol. The number of unbranched alkanes of at least 4 members (excludes halogenated alkanes) is 7. The minimum absolute atomic E-state index is 0.0411. The molecule has 2 aromatic heterocycles. The van der Waals surface area contributed by atoms with Gasteiger partial charge >= 0.3 is 5.97 Å². The van der Waals surface area contributed by atoms with Crippen molar-refractivity contribution in [2.45, 2.75) is 77.6 Å². The summed E-state index contributed by atoms with van der Waals surface area (Å²) in [6.07, 6.45) is 12.4. The maximum Gasteiger partial charge on any atom is 0.303 e. The maximum atomic E-state index is 12.7. The topological polar surface area (TPSA) is 83.7 Å². The summed E-state index contributed by atoms with van der Waals surface area (Å²) in [6.45, 7) is 2.78. The summed E-state index contributed by atoms with van der Waals surface area (Å²) in [6, 6.07) is 5.78. The number of amides is 1. The molecule has 0 atom stereocenters. The predicted octanol–water partition coefficient (Wildman–Crippen LogP) is 4.61. The molecule has 2 aromatic rings. The van der Waals surface area contributed by atoms with Gasteiger partial charge in [-0.1, -0.05) is 57.9 Å². The maximum absolute atomic E-state index is 12.7. The Hall–Kier alpha value is -2.37. The van der Waals surface area contributed by atoms with Crippen LogP contribution in [0.25, 0.3) is 5.65 Å². The fraction of sp³-hybridized carbons (Fsp3) is 0.591. The number of hydrogen-bond donors (Lipinski definition) is 2. The lowest BCUT2D eigenvalue weighted by Gasteiger charge is -2.07. The van der Waals surface area contributed by atoms with Crippen LogP contribution in [0.5, 0.6) is 0 Å². The molecular formula is C22H33N3O3. The van der Waals surface area contributed by atoms with E-state index in [0.29, 0.717) is 12.2 Å². The lowest BCUT2D eigenvalue weighted by Crippen LogP contribution is -2.26. The van der Waals surface area contributed by atoms with Crippen molar-refractivity contribution in [1.82, 2.24) is 14.7 Å². The second-order valence-electron chi connectivity index (χ2n) is 7.31. The van der Waals surface area contributed by atoms with E-state index in [1.807, 2.05) is 28.8 Å². The summed E-state index contributed by atoms with van der Waals surface area (Å²) in [5.41, 5.74) is 2.35. The van der Waals surface area contributed by atoms with Crippen molar-refractivity contribution in [1.29, 1.82) is 0 Å². The number of carbonyl (C=O) groups is 2. The molecule has 28 heavy (non-hydrogen) atoms. The molecule has 6 heteroatoms. The normalized spacial score (nSPS) is 11.0. The summed E-state index contributed by atoms with van der Waals surface area (Å²) >= 11 is 0. The fourth-order valence-electron chi connectivity index (χ4n) is 3.44. The molecule has 0 aliphatic carbocycles. The third-order valence-corrected chi connectivity index (χ3v) is 4.91. The van der Waals surface area contributed by atoms with Crippen molar-refractivity contribution in [3.05, 3.63) is 35.8 Å². The van der Waals surface area contributed by atoms with E-state index in [0.717, 1.165) is 69.1 Å². The highest BCUT2D eigenvalue weighted by atomic mass is 16.4. The van der Waals surface area contributed by atoms with Crippen LogP contribution in [0.4, 0.5) is 0 Å². The summed E-state index contributed by atoms with van der Waals surface area (Å²) in [5, 5.41) is 11.6. The number of fused-ring (bicyclic) bond motifs is 1. The molecule has 0 saturated carbocycles. The van der Waals surface area contributed by atoms with Crippen molar-refractivity contribution < 1.29 is 14.7 Å². The molecule has 0 aromatic carbocycles. The van der Waals surface area contributed by atoms with Crippen LogP contribution >= 0.6 is 0 Å². The molecule has 0 radical (unpaired) electrons. The monoisotopic (exact) mass is 387 g/mol. The van der Waals surface area contributed by atoms with Crippen LogP contribution in [0.1, 0.15) is 87.3 Å². The minimum atomic E-state index is -0.701. The standard InChI is InChI=1S/C22H33N3O3/c1-2-13-18-21(25-17-12-10-14-19(25)24-18)22(28)23-16-11-8-6-4-3-5-7-9-15-20(26)27/h10,12,14,17H,2-9,11,13,15-16H2,1H3,(H,23,28)(H,26,27). The number of hydrogen-bond acceptors (Lipinski definition) is 3. The number of aromatic nitrogens is 2. The first kappa shape index (κ1) is 21.9. The molecule has 0 bridgehead atoms. The van der Waals surface area contributed by atoms with Gasteiger partial charge in [0.15, 0.2) is 0 Å². The molecule has 0 aliphatic heterocycles. The molecule has 0 spiro atoms. The number of nitrogens with zero attached hydrogens (tertiary/aromatic N) is 2. The van der Waals surface area contributed by atoms with Gasteiger partial charge in [0.25, 0.3) is 5.91 Å². The van der Waals surface area contributed by atoms with Gasteiger partial charge in [-0.3, -0.25) is 14.0 Å². The van der Waals surface area contributed by atoms with E-state index in [1.165, 1.54) is 6.42 Å². The van der Waals surface area contributed by atoms with Gasteiger partial charge in [-0.05, 0) is 31.4 Å². The van der Waals surface area contributed by atoms with E-state index >= 15 is 0 Å². The Labute approximate surface area is 167 Å². The molecule has 1 amide bonds. The summed E-state index contributed by atoms with van der Waals surface area (Å²) in [4.78, 5) is 27.7. The van der Waals surface area contributed by atoms with Crippen LogP contribution in [0.2, 0.25) is 0 Å². The molecule has 2 heterocycles. The Morgan fingerprint density at radius 2 is 1.71 bits per heavy atom. The van der Waals surface area contributed by atoms with E-state index in [-0.39, 0.29) is 12.3 Å². The first-order valence-electron chi connectivity index (χ1n) is 10.6. The molecule has 0 fully saturated rings. The van der Waals surface area contributed by atoms with Crippen molar-refractivity contribution in [3.63, 3.8) is 0 Å². The molecule has 0 aliphatic rings. The van der Waals surface area contributed by atoms with Crippen LogP contribution in [-0.4, -0.2) is 32.9 Å². The Bertz CT molecular complexity index is 755. The summed E-state index contributed by atoms with van der Waals surface area (Å²) in [5.74, 6) is -0.742. The Morgan fingerprint density at radius 3 is 2.39 bits per heavy atom. The smallest absolute Gasteiger partial charge is 0.303 e. The first-order valence-corrected chi connectivity index (χ1v) is 10.6. The number of pyridine rings is 1. The molecule has 0 unspecified atom stereocenters. The number of carboxylic acid groups (broad SMARTS) is 1. The van der Waals surface area contributed by atoms with Crippen molar-refractivity contribution >= 4 is 17.5 Å². The number of imidazole rings is 1. The minimum Gasteiger partial charge on any atom is -0.481 e. The van der Waals surface area contributed by atoms with Crippen molar-refractivity contribution in [3.8, 4) is 0 Å². The van der Waals surface area contributed by atoms with Crippen LogP contribution in [0.15, 0.2) is 24.4 Å². The second-order valence-corrected chi connectivity index (χ2v) is 7.31. The van der Waals surface area contributed by atoms with Gasteiger partial charge in [-0.2, -0.15) is 0 Å². The highest BCUT2D eigenvalue weighted by Gasteiger charge is 2.17. The molecular weight excluding hydrogens is 354 g/mol. The molecule has 154 valence electrons. The Balaban J connectivity index is 1.65. The van der Waals surface area contributed by atoms with E-state index < -0.39 is 5.97 Å². The van der Waals surface area contributed by atoms with Gasteiger partial charge < -0.3 is 10.4 Å². The third kappa shape index (κ3) is 6.98. The van der Waals surface area contributed by atoms with Crippen LogP contribution < -0.4 is 5.32 Å². The van der Waals surface area contributed by atoms with E-state index in [1.54, 1.807) is 0 Å². The van der Waals surface area contributed by atoms with Gasteiger partial charge in [0, 0.05) is 19.2 Å². The largest absolute Gasteiger partial charge is 0.481 e. The SMILES string of the molecule is CCCc1nc2ccccn2c1C(=O)NCCCCCCCCCCC(=O)O. The lowest BCUT2D eigenvalue weighted by molar-refractivity contribution is -0.137. The Morgan fingerprint density at radius 1 is 1.04 bits per heavy atom. The van der Waals surface area contributed by atoms with E-state index in [2.05, 4.69) is 17.2 Å². The fourth-order valence-corrected chi connectivity index (χ4v) is 3.44. The van der Waals surface area contributed by atoms with Crippen LogP contribution in [-0.2, 0) is 11.2 Å². The van der Waals surface area contributed by atoms with Gasteiger partial charge in [-0.15, -0.1) is 0 Å². The molecule has 2 rings (SSSR count). The zero-order valence-electron chi connectivity index (χ0n) is 17.0. The highest BCUT2D eigenvalue weighted by Crippen LogP contribution is 2.15. The highest BCUT2D eigenvalue weighted by molar-refractivity contribution is 5.94. The zero-order valence-corrected chi connectivity index (χ0v) is 17.0. The molecule has 6 nitrogen and oxygen atoms in total. The summed E-state index contributed by atoms with van der Waals surface area (Å²) in [7, 11) is 0. The second kappa shape index (κ2) is 12.2. The average Bonchev–Trinajstić information content (AvgIpc) is 3.04. The van der Waals surface area contributed by atoms with Gasteiger partial charge in [0.1, 0.15) is 11.3 Å². The van der Waals surface area contributed by atoms with Crippen molar-refractivity contribution in [2.75, 3.05) is 6.54 Å². The van der Waals surface area contributed by atoms with Gasteiger partial charge in [-0.25, -0.2) is 4.98 Å². The third-order valence-electron chi connectivity index (χ3n) is 4.91. The molecule has 2 N–H and O–H groups in total. The van der Waals surface area contributed by atoms with Crippen LogP contribution in [0, 0.1) is 0 Å². The Kier molecular flexibility index (Phi) is 9.52. The number of nitrogens with one attached hydrogen (secondary N) is 1. The van der Waals surface area contributed by atoms with Crippen molar-refractivity contribution in [2.24, 2.45) is 0 Å². The first-order chi connectivity index (χ1) is 13.6. The molecule has 0 saturated heterocycles. The van der Waals surface area contributed by atoms with E-state index in [9.17, 15) is 9.59 Å². The quantitative estimate of drug-likeness (QED) is 0.464. The number of rotatable bonds is 14. The zero-order chi connectivity index (χ0) is 20.2. The van der Waals surface area contributed by atoms with Gasteiger partial charge in [0.05, 0.1) is 5.69 Å². The lowest BCUT2D eigenvalue weighted by atomic mass is 10.1. The van der Waals surface area contributed by atoms with Gasteiger partial charge in [0.2, 0.25) is 0 Å². The van der Waals surface area contributed by atoms with E-state index in [4.69, 9.17) is 5.11 Å². The number of carbonyl (C=O) groups excluding carboxylic acids is 1. The predicted molar refractivity (Wildman–Crippen MR) is 111 cm³/mol.